The number of hydrogen-bond acceptors (Lipinski definition) is 5. The smallest absolute Gasteiger partial charge is 0.244 e. The van der Waals surface area contributed by atoms with Gasteiger partial charge in [-0.2, -0.15) is 5.10 Å². The summed E-state index contributed by atoms with van der Waals surface area (Å²) in [6.45, 7) is 9.29. The van der Waals surface area contributed by atoms with Gasteiger partial charge in [0.1, 0.15) is 5.01 Å². The van der Waals surface area contributed by atoms with E-state index in [0.717, 1.165) is 29.4 Å². The molecule has 2 aromatic rings. The first-order valence-electron chi connectivity index (χ1n) is 8.27. The predicted octanol–water partition coefficient (Wildman–Crippen LogP) is 2.63. The third-order valence-corrected chi connectivity index (χ3v) is 5.35. The maximum absolute atomic E-state index is 12.7. The van der Waals surface area contributed by atoms with Gasteiger partial charge in [0.25, 0.3) is 0 Å². The minimum atomic E-state index is -0.165. The van der Waals surface area contributed by atoms with Crippen molar-refractivity contribution >= 4 is 22.9 Å². The van der Waals surface area contributed by atoms with Crippen LogP contribution in [0.15, 0.2) is 17.8 Å². The number of nitrogens with zero attached hydrogens (tertiary/aromatic N) is 4. The number of amides is 1. The molecule has 1 aliphatic heterocycles. The summed E-state index contributed by atoms with van der Waals surface area (Å²) in [5.41, 5.74) is 2.02. The number of nitrogens with one attached hydrogen (secondary N) is 1. The van der Waals surface area contributed by atoms with Gasteiger partial charge in [0.15, 0.2) is 0 Å². The highest BCUT2D eigenvalue weighted by atomic mass is 32.1. The lowest BCUT2D eigenvalue weighted by Gasteiger charge is -2.18. The standard InChI is InChI=1S/C17H25N5OS/c1-11(15-20-14(10-24-15)17(2,3)4)19-13-6-7-22(16(13)23)12-8-18-21(5)9-12/h8-11,13,19H,6-7H2,1-5H3. The van der Waals surface area contributed by atoms with Crippen molar-refractivity contribution in [2.75, 3.05) is 11.4 Å². The summed E-state index contributed by atoms with van der Waals surface area (Å²) in [6.07, 6.45) is 4.41. The van der Waals surface area contributed by atoms with Crippen molar-refractivity contribution in [1.82, 2.24) is 20.1 Å². The van der Waals surface area contributed by atoms with Crippen molar-refractivity contribution < 1.29 is 4.79 Å². The molecular formula is C17H25N5OS. The Morgan fingerprint density at radius 3 is 2.75 bits per heavy atom. The molecule has 7 heteroatoms. The Hall–Kier alpha value is -1.73. The third-order valence-electron chi connectivity index (χ3n) is 4.32. The molecular weight excluding hydrogens is 322 g/mol. The van der Waals surface area contributed by atoms with E-state index in [4.69, 9.17) is 4.98 Å². The Labute approximate surface area is 146 Å². The topological polar surface area (TPSA) is 63.1 Å². The zero-order chi connectivity index (χ0) is 17.5. The summed E-state index contributed by atoms with van der Waals surface area (Å²) in [5, 5.41) is 10.7. The van der Waals surface area contributed by atoms with Crippen LogP contribution in [0.2, 0.25) is 0 Å². The average molecular weight is 347 g/mol. The Bertz CT molecular complexity index is 729. The zero-order valence-electron chi connectivity index (χ0n) is 14.9. The van der Waals surface area contributed by atoms with Gasteiger partial charge in [0.05, 0.1) is 29.7 Å². The van der Waals surface area contributed by atoms with Crippen LogP contribution in [0.3, 0.4) is 0 Å². The first-order valence-corrected chi connectivity index (χ1v) is 9.15. The highest BCUT2D eigenvalue weighted by Gasteiger charge is 2.34. The van der Waals surface area contributed by atoms with E-state index >= 15 is 0 Å². The number of carbonyl (C=O) groups is 1. The molecule has 3 heterocycles. The summed E-state index contributed by atoms with van der Waals surface area (Å²) < 4.78 is 1.72. The number of carbonyl (C=O) groups excluding carboxylic acids is 1. The molecule has 24 heavy (non-hydrogen) atoms. The maximum Gasteiger partial charge on any atom is 0.244 e. The van der Waals surface area contributed by atoms with Crippen LogP contribution in [0.4, 0.5) is 5.69 Å². The maximum atomic E-state index is 12.7. The summed E-state index contributed by atoms with van der Waals surface area (Å²) in [7, 11) is 1.86. The number of rotatable bonds is 4. The largest absolute Gasteiger partial charge is 0.308 e. The number of aryl methyl sites for hydroxylation is 1. The highest BCUT2D eigenvalue weighted by molar-refractivity contribution is 7.09. The second-order valence-corrected chi connectivity index (χ2v) is 8.30. The quantitative estimate of drug-likeness (QED) is 0.923. The Morgan fingerprint density at radius 2 is 2.17 bits per heavy atom. The van der Waals surface area contributed by atoms with E-state index in [1.54, 1.807) is 27.1 Å². The molecule has 0 bridgehead atoms. The van der Waals surface area contributed by atoms with Crippen LogP contribution in [0.25, 0.3) is 0 Å². The second-order valence-electron chi connectivity index (χ2n) is 7.41. The van der Waals surface area contributed by atoms with Gasteiger partial charge >= 0.3 is 0 Å². The van der Waals surface area contributed by atoms with Crippen LogP contribution in [0.5, 0.6) is 0 Å². The molecule has 1 aliphatic rings. The van der Waals surface area contributed by atoms with E-state index in [1.165, 1.54) is 0 Å². The monoisotopic (exact) mass is 347 g/mol. The van der Waals surface area contributed by atoms with Gasteiger partial charge in [-0.05, 0) is 13.3 Å². The lowest BCUT2D eigenvalue weighted by molar-refractivity contribution is -0.119. The van der Waals surface area contributed by atoms with E-state index in [0.29, 0.717) is 0 Å². The van der Waals surface area contributed by atoms with Crippen LogP contribution in [0.1, 0.15) is 50.9 Å². The third kappa shape index (κ3) is 3.37. The molecule has 130 valence electrons. The molecule has 0 aromatic carbocycles. The van der Waals surface area contributed by atoms with Gasteiger partial charge < -0.3 is 4.90 Å². The van der Waals surface area contributed by atoms with E-state index in [1.807, 2.05) is 13.2 Å². The minimum absolute atomic E-state index is 0.0504. The minimum Gasteiger partial charge on any atom is -0.308 e. The van der Waals surface area contributed by atoms with E-state index in [-0.39, 0.29) is 23.4 Å². The molecule has 0 saturated carbocycles. The molecule has 0 radical (unpaired) electrons. The van der Waals surface area contributed by atoms with Crippen molar-refractivity contribution in [2.45, 2.75) is 51.6 Å². The molecule has 3 rings (SSSR count). The van der Waals surface area contributed by atoms with Crippen molar-refractivity contribution in [3.05, 3.63) is 28.5 Å². The molecule has 0 spiro atoms. The number of thiazole rings is 1. The molecule has 1 amide bonds. The number of hydrogen-bond donors (Lipinski definition) is 1. The molecule has 1 fully saturated rings. The second kappa shape index (κ2) is 6.29. The summed E-state index contributed by atoms with van der Waals surface area (Å²) >= 11 is 1.66. The van der Waals surface area contributed by atoms with Crippen LogP contribution in [-0.4, -0.2) is 33.3 Å². The Balaban J connectivity index is 1.66. The van der Waals surface area contributed by atoms with Crippen LogP contribution in [0, 0.1) is 0 Å². The lowest BCUT2D eigenvalue weighted by atomic mass is 9.93. The molecule has 2 atom stereocenters. The average Bonchev–Trinajstić information content (AvgIpc) is 3.19. The normalized spacial score (nSPS) is 20.0. The SMILES string of the molecule is CC(NC1CCN(c2cnn(C)c2)C1=O)c1nc(C(C)(C)C)cs1. The van der Waals surface area contributed by atoms with Crippen molar-refractivity contribution in [1.29, 1.82) is 0 Å². The van der Waals surface area contributed by atoms with Crippen molar-refractivity contribution in [3.63, 3.8) is 0 Å². The first-order chi connectivity index (χ1) is 11.3. The zero-order valence-corrected chi connectivity index (χ0v) is 15.7. The van der Waals surface area contributed by atoms with Crippen molar-refractivity contribution in [3.8, 4) is 0 Å². The fourth-order valence-corrected chi connectivity index (χ4v) is 3.90. The number of anilines is 1. The number of aromatic nitrogens is 3. The summed E-state index contributed by atoms with van der Waals surface area (Å²) in [6, 6.07) is -0.101. The van der Waals surface area contributed by atoms with Crippen molar-refractivity contribution in [2.24, 2.45) is 7.05 Å². The summed E-state index contributed by atoms with van der Waals surface area (Å²) in [4.78, 5) is 19.2. The fraction of sp³-hybridized carbons (Fsp3) is 0.588. The van der Waals surface area contributed by atoms with Gasteiger partial charge in [0.2, 0.25) is 5.91 Å². The highest BCUT2D eigenvalue weighted by Crippen LogP contribution is 2.28. The van der Waals surface area contributed by atoms with Gasteiger partial charge in [-0.3, -0.25) is 14.8 Å². The van der Waals surface area contributed by atoms with E-state index in [9.17, 15) is 4.79 Å². The lowest BCUT2D eigenvalue weighted by Crippen LogP contribution is -2.39. The summed E-state index contributed by atoms with van der Waals surface area (Å²) in [5.74, 6) is 0.113. The van der Waals surface area contributed by atoms with Crippen LogP contribution >= 0.6 is 11.3 Å². The van der Waals surface area contributed by atoms with Gasteiger partial charge in [-0.25, -0.2) is 4.98 Å². The van der Waals surface area contributed by atoms with Gasteiger partial charge in [0, 0.05) is 30.6 Å². The molecule has 2 unspecified atom stereocenters. The van der Waals surface area contributed by atoms with Crippen LogP contribution in [-0.2, 0) is 17.3 Å². The first kappa shape index (κ1) is 17.1. The molecule has 1 saturated heterocycles. The predicted molar refractivity (Wildman–Crippen MR) is 96.3 cm³/mol. The van der Waals surface area contributed by atoms with E-state index in [2.05, 4.69) is 43.5 Å². The van der Waals surface area contributed by atoms with E-state index < -0.39 is 0 Å². The molecule has 0 aliphatic carbocycles. The molecule has 6 nitrogen and oxygen atoms in total. The Kier molecular flexibility index (Phi) is 4.48. The molecule has 2 aromatic heterocycles. The van der Waals surface area contributed by atoms with Crippen LogP contribution < -0.4 is 10.2 Å². The molecule has 1 N–H and O–H groups in total. The Morgan fingerprint density at radius 1 is 1.42 bits per heavy atom. The fourth-order valence-electron chi connectivity index (χ4n) is 2.84. The van der Waals surface area contributed by atoms with Gasteiger partial charge in [-0.15, -0.1) is 11.3 Å². The van der Waals surface area contributed by atoms with Gasteiger partial charge in [-0.1, -0.05) is 20.8 Å².